The number of rotatable bonds is 3. The van der Waals surface area contributed by atoms with Crippen LogP contribution in [0.2, 0.25) is 5.02 Å². The number of benzene rings is 2. The van der Waals surface area contributed by atoms with Crippen LogP contribution < -0.4 is 15.6 Å². The van der Waals surface area contributed by atoms with Gasteiger partial charge in [-0.3, -0.25) is 15.6 Å². The molecule has 0 unspecified atom stereocenters. The van der Waals surface area contributed by atoms with Crippen molar-refractivity contribution in [3.63, 3.8) is 0 Å². The van der Waals surface area contributed by atoms with Gasteiger partial charge in [-0.25, -0.2) is 0 Å². The van der Waals surface area contributed by atoms with Gasteiger partial charge in [0.2, 0.25) is 0 Å². The van der Waals surface area contributed by atoms with E-state index in [2.05, 4.69) is 10.9 Å². The second-order valence-electron chi connectivity index (χ2n) is 6.33. The molecule has 1 amide bonds. The fourth-order valence-electron chi connectivity index (χ4n) is 2.39. The second kappa shape index (κ2) is 6.21. The standard InChI is InChI=1S/C19H19ClN2O2/c1-12-4-6-15(11-16(12)20)21-22-18(23)14-5-7-17-13(10-14)8-9-19(2,3)24-17/h4-11,21H,1-3H3,(H,22,23). The fourth-order valence-corrected chi connectivity index (χ4v) is 2.57. The molecule has 0 fully saturated rings. The Morgan fingerprint density at radius 2 is 1.96 bits per heavy atom. The van der Waals surface area contributed by atoms with Crippen LogP contribution in [-0.2, 0) is 0 Å². The first-order valence-electron chi connectivity index (χ1n) is 7.69. The largest absolute Gasteiger partial charge is 0.483 e. The van der Waals surface area contributed by atoms with E-state index in [9.17, 15) is 4.79 Å². The van der Waals surface area contributed by atoms with Crippen LogP contribution in [0, 0.1) is 6.92 Å². The molecule has 4 nitrogen and oxygen atoms in total. The lowest BCUT2D eigenvalue weighted by atomic mass is 10.0. The van der Waals surface area contributed by atoms with Crippen molar-refractivity contribution >= 4 is 29.3 Å². The molecule has 0 saturated heterocycles. The highest BCUT2D eigenvalue weighted by Gasteiger charge is 2.22. The highest BCUT2D eigenvalue weighted by Crippen LogP contribution is 2.31. The maximum absolute atomic E-state index is 12.3. The van der Waals surface area contributed by atoms with Crippen molar-refractivity contribution in [2.24, 2.45) is 0 Å². The summed E-state index contributed by atoms with van der Waals surface area (Å²) in [7, 11) is 0. The van der Waals surface area contributed by atoms with Crippen LogP contribution in [0.15, 0.2) is 42.5 Å². The molecule has 0 saturated carbocycles. The summed E-state index contributed by atoms with van der Waals surface area (Å²) in [5.41, 5.74) is 8.36. The molecule has 0 bridgehead atoms. The van der Waals surface area contributed by atoms with Gasteiger partial charge >= 0.3 is 0 Å². The molecular weight excluding hydrogens is 324 g/mol. The molecule has 24 heavy (non-hydrogen) atoms. The molecule has 1 aliphatic heterocycles. The van der Waals surface area contributed by atoms with Crippen molar-refractivity contribution in [1.29, 1.82) is 0 Å². The highest BCUT2D eigenvalue weighted by atomic mass is 35.5. The third kappa shape index (κ3) is 3.54. The summed E-state index contributed by atoms with van der Waals surface area (Å²) in [6.07, 6.45) is 3.95. The normalized spacial score (nSPS) is 14.5. The number of amides is 1. The zero-order valence-corrected chi connectivity index (χ0v) is 14.6. The summed E-state index contributed by atoms with van der Waals surface area (Å²) in [6.45, 7) is 5.90. The van der Waals surface area contributed by atoms with Crippen LogP contribution in [0.3, 0.4) is 0 Å². The van der Waals surface area contributed by atoms with Gasteiger partial charge in [-0.15, -0.1) is 0 Å². The number of hydrazine groups is 1. The Morgan fingerprint density at radius 3 is 2.71 bits per heavy atom. The monoisotopic (exact) mass is 342 g/mol. The van der Waals surface area contributed by atoms with Crippen LogP contribution in [0.25, 0.3) is 6.08 Å². The van der Waals surface area contributed by atoms with Gasteiger partial charge in [0.25, 0.3) is 5.91 Å². The number of ether oxygens (including phenoxy) is 1. The molecule has 0 radical (unpaired) electrons. The average molecular weight is 343 g/mol. The maximum Gasteiger partial charge on any atom is 0.269 e. The molecule has 0 atom stereocenters. The number of aryl methyl sites for hydroxylation is 1. The summed E-state index contributed by atoms with van der Waals surface area (Å²) in [5.74, 6) is 0.546. The van der Waals surface area contributed by atoms with Crippen LogP contribution in [0.4, 0.5) is 5.69 Å². The Balaban J connectivity index is 1.71. The van der Waals surface area contributed by atoms with Gasteiger partial charge in [0.15, 0.2) is 0 Å². The summed E-state index contributed by atoms with van der Waals surface area (Å²) in [5, 5.41) is 0.646. The number of hydrogen-bond donors (Lipinski definition) is 2. The van der Waals surface area contributed by atoms with Gasteiger partial charge in [-0.2, -0.15) is 0 Å². The maximum atomic E-state index is 12.3. The van der Waals surface area contributed by atoms with Crippen molar-refractivity contribution in [3.8, 4) is 5.75 Å². The van der Waals surface area contributed by atoms with Gasteiger partial charge < -0.3 is 4.74 Å². The van der Waals surface area contributed by atoms with Crippen molar-refractivity contribution in [2.45, 2.75) is 26.4 Å². The minimum Gasteiger partial charge on any atom is -0.483 e. The molecule has 0 aliphatic carbocycles. The third-order valence-corrected chi connectivity index (χ3v) is 4.21. The first kappa shape index (κ1) is 16.4. The lowest BCUT2D eigenvalue weighted by Gasteiger charge is -2.27. The molecule has 124 valence electrons. The van der Waals surface area contributed by atoms with Gasteiger partial charge in [-0.1, -0.05) is 23.7 Å². The minimum atomic E-state index is -0.330. The topological polar surface area (TPSA) is 50.4 Å². The lowest BCUT2D eigenvalue weighted by Crippen LogP contribution is -2.30. The Labute approximate surface area is 146 Å². The van der Waals surface area contributed by atoms with Crippen LogP contribution >= 0.6 is 11.6 Å². The van der Waals surface area contributed by atoms with Crippen molar-refractivity contribution < 1.29 is 9.53 Å². The Morgan fingerprint density at radius 1 is 1.17 bits per heavy atom. The smallest absolute Gasteiger partial charge is 0.269 e. The Kier molecular flexibility index (Phi) is 4.24. The average Bonchev–Trinajstić information content (AvgIpc) is 2.54. The fraction of sp³-hybridized carbons (Fsp3) is 0.211. The highest BCUT2D eigenvalue weighted by molar-refractivity contribution is 6.31. The third-order valence-electron chi connectivity index (χ3n) is 3.80. The SMILES string of the molecule is Cc1ccc(NNC(=O)c2ccc3c(c2)C=CC(C)(C)O3)cc1Cl. The lowest BCUT2D eigenvalue weighted by molar-refractivity contribution is 0.0962. The van der Waals surface area contributed by atoms with Gasteiger partial charge in [0, 0.05) is 16.1 Å². The molecule has 2 aromatic rings. The van der Waals surface area contributed by atoms with E-state index in [-0.39, 0.29) is 11.5 Å². The molecule has 1 aliphatic rings. The number of nitrogens with one attached hydrogen (secondary N) is 2. The van der Waals surface area contributed by atoms with Crippen LogP contribution in [-0.4, -0.2) is 11.5 Å². The number of carbonyl (C=O) groups excluding carboxylic acids is 1. The van der Waals surface area contributed by atoms with E-state index >= 15 is 0 Å². The van der Waals surface area contributed by atoms with E-state index in [4.69, 9.17) is 16.3 Å². The molecule has 2 aromatic carbocycles. The second-order valence-corrected chi connectivity index (χ2v) is 6.74. The Bertz CT molecular complexity index is 828. The first-order valence-corrected chi connectivity index (χ1v) is 8.07. The minimum absolute atomic E-state index is 0.229. The zero-order valence-electron chi connectivity index (χ0n) is 13.8. The molecule has 3 rings (SSSR count). The molecule has 1 heterocycles. The molecule has 5 heteroatoms. The van der Waals surface area contributed by atoms with Gasteiger partial charge in [-0.05, 0) is 62.7 Å². The molecule has 2 N–H and O–H groups in total. The molecule has 0 spiro atoms. The van der Waals surface area contributed by atoms with E-state index in [1.807, 2.05) is 51.1 Å². The van der Waals surface area contributed by atoms with Gasteiger partial charge in [0.1, 0.15) is 11.4 Å². The summed E-state index contributed by atoms with van der Waals surface area (Å²) in [4.78, 5) is 12.3. The van der Waals surface area contributed by atoms with Gasteiger partial charge in [0.05, 0.1) is 5.69 Å². The predicted octanol–water partition coefficient (Wildman–Crippen LogP) is 4.59. The predicted molar refractivity (Wildman–Crippen MR) is 97.5 cm³/mol. The van der Waals surface area contributed by atoms with E-state index in [0.717, 1.165) is 22.6 Å². The summed E-state index contributed by atoms with van der Waals surface area (Å²) >= 11 is 6.07. The quantitative estimate of drug-likeness (QED) is 0.802. The van der Waals surface area contributed by atoms with Crippen molar-refractivity contribution in [1.82, 2.24) is 5.43 Å². The zero-order chi connectivity index (χ0) is 17.3. The number of anilines is 1. The Hall–Kier alpha value is -2.46. The number of hydrogen-bond acceptors (Lipinski definition) is 3. The number of carbonyl (C=O) groups is 1. The first-order chi connectivity index (χ1) is 11.3. The molecular formula is C19H19ClN2O2. The van der Waals surface area contributed by atoms with E-state index in [1.54, 1.807) is 18.2 Å². The summed E-state index contributed by atoms with van der Waals surface area (Å²) < 4.78 is 5.86. The molecule has 0 aromatic heterocycles. The van der Waals surface area contributed by atoms with E-state index in [0.29, 0.717) is 10.6 Å². The van der Waals surface area contributed by atoms with Crippen LogP contribution in [0.1, 0.15) is 35.3 Å². The number of fused-ring (bicyclic) bond motifs is 1. The van der Waals surface area contributed by atoms with Crippen molar-refractivity contribution in [3.05, 3.63) is 64.2 Å². The summed E-state index contributed by atoms with van der Waals surface area (Å²) in [6, 6.07) is 10.9. The van der Waals surface area contributed by atoms with Crippen LogP contribution in [0.5, 0.6) is 5.75 Å². The van der Waals surface area contributed by atoms with E-state index in [1.165, 1.54) is 0 Å². The van der Waals surface area contributed by atoms with E-state index < -0.39 is 0 Å². The van der Waals surface area contributed by atoms with Crippen molar-refractivity contribution in [2.75, 3.05) is 5.43 Å². The number of halogens is 1.